The number of nitrogens with one attached hydrogen (secondary N) is 1. The molecule has 6 heteroatoms. The highest BCUT2D eigenvalue weighted by atomic mass is 32.1. The number of hydrogen-bond donors (Lipinski definition) is 1. The van der Waals surface area contributed by atoms with Crippen LogP contribution in [0.2, 0.25) is 0 Å². The van der Waals surface area contributed by atoms with Crippen molar-refractivity contribution in [2.24, 2.45) is 4.99 Å². The van der Waals surface area contributed by atoms with Gasteiger partial charge >= 0.3 is 0 Å². The number of carbonyl (C=O) groups excluding carboxylic acids is 1. The first-order chi connectivity index (χ1) is 18.2. The second-order valence-corrected chi connectivity index (χ2v) is 10.1. The number of fused-ring (bicyclic) bond motifs is 1. The number of methoxy groups -OCH3 is 1. The molecule has 0 fully saturated rings. The molecule has 1 aliphatic rings. The van der Waals surface area contributed by atoms with Crippen molar-refractivity contribution in [3.63, 3.8) is 0 Å². The lowest BCUT2D eigenvalue weighted by atomic mass is 9.95. The molecule has 0 aliphatic heterocycles. The fourth-order valence-electron chi connectivity index (χ4n) is 4.50. The predicted molar refractivity (Wildman–Crippen MR) is 150 cm³/mol. The van der Waals surface area contributed by atoms with E-state index < -0.39 is 0 Å². The summed E-state index contributed by atoms with van der Waals surface area (Å²) in [6.45, 7) is 0.960. The van der Waals surface area contributed by atoms with Gasteiger partial charge in [-0.05, 0) is 66.1 Å². The number of thiophene rings is 1. The summed E-state index contributed by atoms with van der Waals surface area (Å²) in [7, 11) is 1.63. The van der Waals surface area contributed by atoms with Crippen LogP contribution < -0.4 is 14.8 Å². The van der Waals surface area contributed by atoms with Crippen LogP contribution in [0.4, 0.5) is 5.00 Å². The molecule has 37 heavy (non-hydrogen) atoms. The number of nitrogens with zero attached hydrogens (tertiary/aromatic N) is 1. The van der Waals surface area contributed by atoms with Gasteiger partial charge in [0.1, 0.15) is 11.6 Å². The average molecular weight is 511 g/mol. The fraction of sp³-hybridized carbons (Fsp3) is 0.226. The Bertz CT molecular complexity index is 1380. The zero-order valence-corrected chi connectivity index (χ0v) is 21.7. The maximum Gasteiger partial charge on any atom is 0.254 e. The van der Waals surface area contributed by atoms with Crippen LogP contribution in [0.25, 0.3) is 0 Å². The van der Waals surface area contributed by atoms with Crippen LogP contribution in [0.3, 0.4) is 0 Å². The Morgan fingerprint density at radius 1 is 0.946 bits per heavy atom. The van der Waals surface area contributed by atoms with Gasteiger partial charge in [0, 0.05) is 17.6 Å². The third-order valence-corrected chi connectivity index (χ3v) is 7.63. The van der Waals surface area contributed by atoms with Crippen molar-refractivity contribution in [2.45, 2.75) is 38.8 Å². The molecule has 0 unspecified atom stereocenters. The van der Waals surface area contributed by atoms with E-state index in [-0.39, 0.29) is 5.91 Å². The summed E-state index contributed by atoms with van der Waals surface area (Å²) >= 11 is 1.64. The number of amides is 1. The highest BCUT2D eigenvalue weighted by Gasteiger charge is 2.25. The predicted octanol–water partition coefficient (Wildman–Crippen LogP) is 6.90. The van der Waals surface area contributed by atoms with Crippen LogP contribution in [-0.2, 0) is 26.0 Å². The molecule has 1 aromatic heterocycles. The summed E-state index contributed by atoms with van der Waals surface area (Å²) in [6.07, 6.45) is 6.00. The molecular formula is C31H30N2O3S. The average Bonchev–Trinajstić information content (AvgIpc) is 3.33. The van der Waals surface area contributed by atoms with E-state index in [0.29, 0.717) is 24.7 Å². The zero-order valence-electron chi connectivity index (χ0n) is 20.9. The molecule has 0 bridgehead atoms. The molecule has 3 aromatic carbocycles. The molecule has 0 atom stereocenters. The van der Waals surface area contributed by atoms with Gasteiger partial charge in [-0.2, -0.15) is 0 Å². The van der Waals surface area contributed by atoms with Crippen LogP contribution in [0.1, 0.15) is 50.3 Å². The van der Waals surface area contributed by atoms with Crippen molar-refractivity contribution in [1.82, 2.24) is 5.32 Å². The number of ether oxygens (including phenoxy) is 2. The summed E-state index contributed by atoms with van der Waals surface area (Å²) < 4.78 is 11.6. The topological polar surface area (TPSA) is 59.9 Å². The van der Waals surface area contributed by atoms with Gasteiger partial charge in [0.25, 0.3) is 5.91 Å². The molecule has 4 aromatic rings. The van der Waals surface area contributed by atoms with E-state index in [4.69, 9.17) is 14.5 Å². The van der Waals surface area contributed by atoms with Gasteiger partial charge in [-0.25, -0.2) is 4.99 Å². The lowest BCUT2D eigenvalue weighted by Crippen LogP contribution is -2.24. The lowest BCUT2D eigenvalue weighted by molar-refractivity contribution is 0.0951. The fourth-order valence-corrected chi connectivity index (χ4v) is 5.73. The molecule has 0 radical (unpaired) electrons. The summed E-state index contributed by atoms with van der Waals surface area (Å²) in [5, 5.41) is 3.87. The Morgan fingerprint density at radius 3 is 2.43 bits per heavy atom. The van der Waals surface area contributed by atoms with E-state index in [1.165, 1.54) is 4.88 Å². The Hall–Kier alpha value is -3.90. The van der Waals surface area contributed by atoms with Crippen molar-refractivity contribution in [3.8, 4) is 11.5 Å². The van der Waals surface area contributed by atoms with Gasteiger partial charge in [0.15, 0.2) is 11.5 Å². The van der Waals surface area contributed by atoms with E-state index in [1.54, 1.807) is 24.7 Å². The van der Waals surface area contributed by atoms with Crippen molar-refractivity contribution in [2.75, 3.05) is 7.11 Å². The first kappa shape index (κ1) is 24.8. The van der Waals surface area contributed by atoms with Gasteiger partial charge in [-0.15, -0.1) is 11.3 Å². The van der Waals surface area contributed by atoms with Gasteiger partial charge in [-0.1, -0.05) is 60.7 Å². The Kier molecular flexibility index (Phi) is 7.96. The highest BCUT2D eigenvalue weighted by Crippen LogP contribution is 2.40. The van der Waals surface area contributed by atoms with Crippen LogP contribution >= 0.6 is 11.3 Å². The van der Waals surface area contributed by atoms with Crippen LogP contribution in [-0.4, -0.2) is 19.2 Å². The summed E-state index contributed by atoms with van der Waals surface area (Å²) in [5.74, 6) is 1.26. The lowest BCUT2D eigenvalue weighted by Gasteiger charge is -2.13. The summed E-state index contributed by atoms with van der Waals surface area (Å²) in [6, 6.07) is 25.8. The van der Waals surface area contributed by atoms with Crippen LogP contribution in [0, 0.1) is 0 Å². The minimum Gasteiger partial charge on any atom is -0.493 e. The standard InChI is InChI=1S/C31H30N2O3S/c1-35-27-18-24(16-17-26(27)36-21-23-12-6-3-7-13-23)20-33-31-29(25-14-8-9-15-28(25)37-31)30(34)32-19-22-10-4-2-5-11-22/h2-7,10-13,16-18,20H,8-9,14-15,19,21H2,1H3,(H,32,34). The number of carbonyl (C=O) groups is 1. The molecule has 5 rings (SSSR count). The quantitative estimate of drug-likeness (QED) is 0.249. The normalized spacial score (nSPS) is 12.8. The molecule has 5 nitrogen and oxygen atoms in total. The monoisotopic (exact) mass is 510 g/mol. The maximum atomic E-state index is 13.3. The number of benzene rings is 3. The van der Waals surface area contributed by atoms with E-state index in [0.717, 1.165) is 58.5 Å². The van der Waals surface area contributed by atoms with E-state index >= 15 is 0 Å². The third-order valence-electron chi connectivity index (χ3n) is 6.43. The van der Waals surface area contributed by atoms with Gasteiger partial charge < -0.3 is 14.8 Å². The Balaban J connectivity index is 1.35. The van der Waals surface area contributed by atoms with E-state index in [9.17, 15) is 4.79 Å². The number of rotatable bonds is 9. The minimum atomic E-state index is -0.0577. The van der Waals surface area contributed by atoms with E-state index in [1.807, 2.05) is 78.9 Å². The van der Waals surface area contributed by atoms with Crippen molar-refractivity contribution in [3.05, 3.63) is 112 Å². The molecule has 0 spiro atoms. The molecule has 1 heterocycles. The second-order valence-electron chi connectivity index (χ2n) is 9.00. The van der Waals surface area contributed by atoms with Gasteiger partial charge in [0.05, 0.1) is 12.7 Å². The molecular weight excluding hydrogens is 480 g/mol. The molecule has 0 saturated heterocycles. The number of hydrogen-bond acceptors (Lipinski definition) is 5. The van der Waals surface area contributed by atoms with Gasteiger partial charge in [0.2, 0.25) is 0 Å². The second kappa shape index (κ2) is 11.9. The smallest absolute Gasteiger partial charge is 0.254 e. The molecule has 0 saturated carbocycles. The third kappa shape index (κ3) is 6.09. The van der Waals surface area contributed by atoms with Crippen molar-refractivity contribution >= 4 is 28.5 Å². The Labute approximate surface area is 221 Å². The first-order valence-electron chi connectivity index (χ1n) is 12.6. The maximum absolute atomic E-state index is 13.3. The first-order valence-corrected chi connectivity index (χ1v) is 13.4. The van der Waals surface area contributed by atoms with Crippen molar-refractivity contribution in [1.29, 1.82) is 0 Å². The largest absolute Gasteiger partial charge is 0.493 e. The van der Waals surface area contributed by atoms with E-state index in [2.05, 4.69) is 5.32 Å². The molecule has 1 amide bonds. The summed E-state index contributed by atoms with van der Waals surface area (Å²) in [4.78, 5) is 19.4. The molecule has 1 N–H and O–H groups in total. The Morgan fingerprint density at radius 2 is 1.68 bits per heavy atom. The van der Waals surface area contributed by atoms with Crippen LogP contribution in [0.15, 0.2) is 83.9 Å². The number of aliphatic imine (C=N–C) groups is 1. The van der Waals surface area contributed by atoms with Crippen LogP contribution in [0.5, 0.6) is 11.5 Å². The zero-order chi connectivity index (χ0) is 25.5. The SMILES string of the molecule is COc1cc(C=Nc2sc3c(c2C(=O)NCc2ccccc2)CCCC3)ccc1OCc1ccccc1. The van der Waals surface area contributed by atoms with Gasteiger partial charge in [-0.3, -0.25) is 4.79 Å². The summed E-state index contributed by atoms with van der Waals surface area (Å²) in [5.41, 5.74) is 4.94. The van der Waals surface area contributed by atoms with Crippen molar-refractivity contribution < 1.29 is 14.3 Å². The minimum absolute atomic E-state index is 0.0577. The molecule has 188 valence electrons. The molecule has 1 aliphatic carbocycles. The number of aryl methyl sites for hydroxylation is 1. The highest BCUT2D eigenvalue weighted by molar-refractivity contribution is 7.16.